The van der Waals surface area contributed by atoms with Gasteiger partial charge in [-0.15, -0.1) is 0 Å². The second-order valence-corrected chi connectivity index (χ2v) is 7.97. The minimum atomic E-state index is -4.53. The molecule has 180 valence electrons. The number of benzene rings is 1. The Kier molecular flexibility index (Phi) is 7.48. The number of carboxylic acids is 1. The zero-order valence-electron chi connectivity index (χ0n) is 18.7. The van der Waals surface area contributed by atoms with Gasteiger partial charge in [0.15, 0.2) is 0 Å². The molecule has 2 heterocycles. The van der Waals surface area contributed by atoms with Crippen molar-refractivity contribution < 1.29 is 37.3 Å². The van der Waals surface area contributed by atoms with E-state index in [1.165, 1.54) is 19.2 Å². The van der Waals surface area contributed by atoms with Gasteiger partial charge in [-0.05, 0) is 24.6 Å². The Hall–Kier alpha value is -2.85. The molecule has 33 heavy (non-hydrogen) atoms. The highest BCUT2D eigenvalue weighted by molar-refractivity contribution is 5.99. The van der Waals surface area contributed by atoms with Gasteiger partial charge in [0.05, 0.1) is 43.0 Å². The van der Waals surface area contributed by atoms with Crippen LogP contribution >= 0.6 is 0 Å². The SMILES string of the molecule is COC(=O)C1=C(C)N(C)C(CCN2CCOCC2)=C(C(=O)O)C1c1ccc(C(F)(F)F)cc1. The fourth-order valence-corrected chi connectivity index (χ4v) is 4.30. The summed E-state index contributed by atoms with van der Waals surface area (Å²) in [5.74, 6) is -3.03. The molecule has 2 aliphatic rings. The number of allylic oxidation sites excluding steroid dienone is 1. The lowest BCUT2D eigenvalue weighted by atomic mass is 9.79. The van der Waals surface area contributed by atoms with Gasteiger partial charge in [-0.2, -0.15) is 13.2 Å². The van der Waals surface area contributed by atoms with Crippen LogP contribution in [0, 0.1) is 0 Å². The van der Waals surface area contributed by atoms with Crippen molar-refractivity contribution in [2.75, 3.05) is 47.0 Å². The standard InChI is InChI=1S/C23H27F3N2O5/c1-14-18(22(31)32-3)19(15-4-6-16(7-5-15)23(24,25)26)20(21(29)30)17(27(14)2)8-9-28-10-12-33-13-11-28/h4-7,19H,8-13H2,1-3H3,(H,29,30). The molecule has 0 aliphatic carbocycles. The van der Waals surface area contributed by atoms with Crippen LogP contribution in [0.5, 0.6) is 0 Å². The lowest BCUT2D eigenvalue weighted by molar-refractivity contribution is -0.138. The molecule has 1 saturated heterocycles. The largest absolute Gasteiger partial charge is 0.478 e. The second-order valence-electron chi connectivity index (χ2n) is 7.97. The van der Waals surface area contributed by atoms with Gasteiger partial charge in [-0.3, -0.25) is 4.90 Å². The molecule has 0 radical (unpaired) electrons. The van der Waals surface area contributed by atoms with E-state index in [0.29, 0.717) is 37.6 Å². The van der Waals surface area contributed by atoms with Gasteiger partial charge in [0.25, 0.3) is 0 Å². The molecule has 1 atom stereocenters. The van der Waals surface area contributed by atoms with Crippen LogP contribution in [0.15, 0.2) is 46.8 Å². The Bertz CT molecular complexity index is 963. The van der Waals surface area contributed by atoms with Crippen molar-refractivity contribution in [1.82, 2.24) is 9.80 Å². The summed E-state index contributed by atoms with van der Waals surface area (Å²) in [6.45, 7) is 4.91. The number of esters is 1. The Labute approximate surface area is 190 Å². The van der Waals surface area contributed by atoms with Crippen molar-refractivity contribution >= 4 is 11.9 Å². The van der Waals surface area contributed by atoms with E-state index in [1.807, 2.05) is 0 Å². The van der Waals surface area contributed by atoms with Crippen LogP contribution < -0.4 is 0 Å². The van der Waals surface area contributed by atoms with Gasteiger partial charge in [-0.25, -0.2) is 9.59 Å². The second kappa shape index (κ2) is 9.96. The lowest BCUT2D eigenvalue weighted by Crippen LogP contribution is -2.39. The van der Waals surface area contributed by atoms with Crippen LogP contribution in [0.25, 0.3) is 0 Å². The van der Waals surface area contributed by atoms with Gasteiger partial charge in [-0.1, -0.05) is 12.1 Å². The number of morpholine rings is 1. The van der Waals surface area contributed by atoms with Crippen molar-refractivity contribution in [2.24, 2.45) is 0 Å². The number of hydrogen-bond acceptors (Lipinski definition) is 6. The molecule has 1 aromatic carbocycles. The number of carbonyl (C=O) groups is 2. The van der Waals surface area contributed by atoms with E-state index in [2.05, 4.69) is 4.90 Å². The fourth-order valence-electron chi connectivity index (χ4n) is 4.30. The molecule has 2 aliphatic heterocycles. The van der Waals surface area contributed by atoms with E-state index in [-0.39, 0.29) is 16.7 Å². The van der Waals surface area contributed by atoms with Gasteiger partial charge < -0.3 is 19.5 Å². The monoisotopic (exact) mass is 468 g/mol. The predicted molar refractivity (Wildman–Crippen MR) is 113 cm³/mol. The number of halogens is 3. The van der Waals surface area contributed by atoms with E-state index in [9.17, 15) is 27.9 Å². The molecule has 1 aromatic rings. The minimum absolute atomic E-state index is 0.0449. The average Bonchev–Trinajstić information content (AvgIpc) is 2.79. The van der Waals surface area contributed by atoms with Crippen LogP contribution in [0.3, 0.4) is 0 Å². The quantitative estimate of drug-likeness (QED) is 0.642. The topological polar surface area (TPSA) is 79.3 Å². The predicted octanol–water partition coefficient (Wildman–Crippen LogP) is 3.24. The molecular weight excluding hydrogens is 441 g/mol. The number of nitrogens with zero attached hydrogens (tertiary/aromatic N) is 2. The first-order valence-electron chi connectivity index (χ1n) is 10.5. The third kappa shape index (κ3) is 5.22. The molecule has 1 N–H and O–H groups in total. The van der Waals surface area contributed by atoms with Crippen molar-refractivity contribution in [1.29, 1.82) is 0 Å². The number of aliphatic carboxylic acids is 1. The van der Waals surface area contributed by atoms with Gasteiger partial charge in [0, 0.05) is 44.5 Å². The molecule has 10 heteroatoms. The molecule has 7 nitrogen and oxygen atoms in total. The normalized spacial score (nSPS) is 20.3. The smallest absolute Gasteiger partial charge is 0.416 e. The fraction of sp³-hybridized carbons (Fsp3) is 0.478. The minimum Gasteiger partial charge on any atom is -0.478 e. The van der Waals surface area contributed by atoms with Crippen LogP contribution in [0.1, 0.15) is 30.4 Å². The first kappa shape index (κ1) is 24.8. The summed E-state index contributed by atoms with van der Waals surface area (Å²) >= 11 is 0. The first-order valence-corrected chi connectivity index (χ1v) is 10.5. The number of ether oxygens (including phenoxy) is 2. The molecule has 0 aromatic heterocycles. The van der Waals surface area contributed by atoms with E-state index in [0.717, 1.165) is 25.2 Å². The highest BCUT2D eigenvalue weighted by Gasteiger charge is 2.40. The van der Waals surface area contributed by atoms with E-state index in [1.54, 1.807) is 18.9 Å². The average molecular weight is 468 g/mol. The number of carboxylic acid groups (broad SMARTS) is 1. The maximum atomic E-state index is 13.1. The summed E-state index contributed by atoms with van der Waals surface area (Å²) in [6.07, 6.45) is -4.14. The lowest BCUT2D eigenvalue weighted by Gasteiger charge is -2.37. The molecule has 1 fully saturated rings. The molecule has 0 saturated carbocycles. The van der Waals surface area contributed by atoms with Crippen LogP contribution in [0.4, 0.5) is 13.2 Å². The zero-order chi connectivity index (χ0) is 24.3. The Balaban J connectivity index is 2.09. The maximum absolute atomic E-state index is 13.1. The first-order chi connectivity index (χ1) is 15.6. The molecule has 1 unspecified atom stereocenters. The summed E-state index contributed by atoms with van der Waals surface area (Å²) in [5.41, 5.74) is 0.464. The highest BCUT2D eigenvalue weighted by Crippen LogP contribution is 2.43. The number of alkyl halides is 3. The van der Waals surface area contributed by atoms with Crippen molar-refractivity contribution in [3.63, 3.8) is 0 Å². The number of methoxy groups -OCH3 is 1. The Morgan fingerprint density at radius 1 is 1.15 bits per heavy atom. The number of hydrogen-bond donors (Lipinski definition) is 1. The summed E-state index contributed by atoms with van der Waals surface area (Å²) in [6, 6.07) is 4.23. The van der Waals surface area contributed by atoms with Gasteiger partial charge in [0.1, 0.15) is 0 Å². The molecule has 0 bridgehead atoms. The summed E-state index contributed by atoms with van der Waals surface area (Å²) < 4.78 is 49.5. The van der Waals surface area contributed by atoms with Crippen molar-refractivity contribution in [3.05, 3.63) is 57.9 Å². The van der Waals surface area contributed by atoms with E-state index < -0.39 is 29.6 Å². The Morgan fingerprint density at radius 3 is 2.27 bits per heavy atom. The molecule has 0 spiro atoms. The third-order valence-electron chi connectivity index (χ3n) is 6.16. The van der Waals surface area contributed by atoms with Crippen LogP contribution in [0.2, 0.25) is 0 Å². The summed E-state index contributed by atoms with van der Waals surface area (Å²) in [7, 11) is 2.86. The van der Waals surface area contributed by atoms with E-state index in [4.69, 9.17) is 9.47 Å². The van der Waals surface area contributed by atoms with Gasteiger partial charge in [0.2, 0.25) is 0 Å². The zero-order valence-corrected chi connectivity index (χ0v) is 18.7. The van der Waals surface area contributed by atoms with Crippen molar-refractivity contribution in [3.8, 4) is 0 Å². The van der Waals surface area contributed by atoms with Crippen LogP contribution in [-0.2, 0) is 25.2 Å². The highest BCUT2D eigenvalue weighted by atomic mass is 19.4. The van der Waals surface area contributed by atoms with Gasteiger partial charge >= 0.3 is 18.1 Å². The van der Waals surface area contributed by atoms with E-state index >= 15 is 0 Å². The van der Waals surface area contributed by atoms with Crippen LogP contribution in [-0.4, -0.2) is 73.9 Å². The third-order valence-corrected chi connectivity index (χ3v) is 6.16. The Morgan fingerprint density at radius 2 is 1.76 bits per heavy atom. The molecule has 0 amide bonds. The number of rotatable bonds is 6. The maximum Gasteiger partial charge on any atom is 0.416 e. The molecular formula is C23H27F3N2O5. The summed E-state index contributed by atoms with van der Waals surface area (Å²) in [5, 5.41) is 10.2. The molecule has 3 rings (SSSR count). The number of carbonyl (C=O) groups excluding carboxylic acids is 1. The summed E-state index contributed by atoms with van der Waals surface area (Å²) in [4.78, 5) is 29.0. The van der Waals surface area contributed by atoms with Crippen molar-refractivity contribution in [2.45, 2.75) is 25.4 Å².